The molecular weight excluding hydrogens is 386 g/mol. The topological polar surface area (TPSA) is 67.0 Å². The minimum atomic E-state index is -0.146. The Hall–Kier alpha value is -2.82. The Bertz CT molecular complexity index is 1050. The molecule has 0 unspecified atom stereocenters. The molecule has 1 fully saturated rings. The maximum absolute atomic E-state index is 12.9. The Labute approximate surface area is 184 Å². The second-order valence-corrected chi connectivity index (χ2v) is 9.54. The van der Waals surface area contributed by atoms with Crippen LogP contribution in [0.25, 0.3) is 11.0 Å². The SMILES string of the molecule is CCOc1cc2nc(C3CCCCC3)[nH]c2cc1NC(=O)c1ccc(C(C)(C)C)cc1. The molecule has 1 heterocycles. The third-order valence-electron chi connectivity index (χ3n) is 6.15. The number of hydrogen-bond acceptors (Lipinski definition) is 3. The van der Waals surface area contributed by atoms with Gasteiger partial charge >= 0.3 is 0 Å². The lowest BCUT2D eigenvalue weighted by Gasteiger charge is -2.19. The van der Waals surface area contributed by atoms with Crippen molar-refractivity contribution in [3.05, 3.63) is 53.3 Å². The summed E-state index contributed by atoms with van der Waals surface area (Å²) < 4.78 is 5.83. The number of benzene rings is 2. The molecule has 5 nitrogen and oxygen atoms in total. The molecule has 3 aromatic rings. The van der Waals surface area contributed by atoms with E-state index >= 15 is 0 Å². The standard InChI is InChI=1S/C26H33N3O2/c1-5-31-23-16-21-20(27-24(28-21)17-9-7-6-8-10-17)15-22(23)29-25(30)18-11-13-19(14-12-18)26(2,3)4/h11-17H,5-10H2,1-4H3,(H,27,28)(H,29,30). The fourth-order valence-corrected chi connectivity index (χ4v) is 4.32. The van der Waals surface area contributed by atoms with Crippen molar-refractivity contribution < 1.29 is 9.53 Å². The van der Waals surface area contributed by atoms with Gasteiger partial charge in [0.1, 0.15) is 11.6 Å². The lowest BCUT2D eigenvalue weighted by atomic mass is 9.87. The maximum atomic E-state index is 12.9. The molecule has 0 bridgehead atoms. The molecule has 0 aliphatic heterocycles. The molecule has 1 saturated carbocycles. The summed E-state index contributed by atoms with van der Waals surface area (Å²) in [5.74, 6) is 2.05. The average molecular weight is 420 g/mol. The van der Waals surface area contributed by atoms with Crippen molar-refractivity contribution in [2.75, 3.05) is 11.9 Å². The molecule has 0 saturated heterocycles. The summed E-state index contributed by atoms with van der Waals surface area (Å²) in [6.07, 6.45) is 6.22. The number of nitrogens with one attached hydrogen (secondary N) is 2. The highest BCUT2D eigenvalue weighted by Crippen LogP contribution is 2.35. The van der Waals surface area contributed by atoms with Gasteiger partial charge < -0.3 is 15.0 Å². The molecule has 2 aromatic carbocycles. The zero-order chi connectivity index (χ0) is 22.0. The predicted molar refractivity (Wildman–Crippen MR) is 126 cm³/mol. The van der Waals surface area contributed by atoms with Crippen molar-refractivity contribution in [1.29, 1.82) is 0 Å². The number of ether oxygens (including phenoxy) is 1. The lowest BCUT2D eigenvalue weighted by molar-refractivity contribution is 0.102. The maximum Gasteiger partial charge on any atom is 0.255 e. The molecule has 31 heavy (non-hydrogen) atoms. The van der Waals surface area contributed by atoms with Crippen LogP contribution in [0.2, 0.25) is 0 Å². The number of aromatic nitrogens is 2. The summed E-state index contributed by atoms with van der Waals surface area (Å²) in [6.45, 7) is 8.96. The quantitative estimate of drug-likeness (QED) is 0.492. The largest absolute Gasteiger partial charge is 0.492 e. The van der Waals surface area contributed by atoms with E-state index < -0.39 is 0 Å². The van der Waals surface area contributed by atoms with Gasteiger partial charge in [-0.05, 0) is 48.9 Å². The molecule has 164 valence electrons. The smallest absolute Gasteiger partial charge is 0.255 e. The first-order chi connectivity index (χ1) is 14.8. The van der Waals surface area contributed by atoms with Gasteiger partial charge in [0.05, 0.1) is 23.3 Å². The zero-order valence-electron chi connectivity index (χ0n) is 19.0. The summed E-state index contributed by atoms with van der Waals surface area (Å²) in [6, 6.07) is 11.7. The summed E-state index contributed by atoms with van der Waals surface area (Å²) in [7, 11) is 0. The van der Waals surface area contributed by atoms with Gasteiger partial charge in [-0.1, -0.05) is 52.2 Å². The summed E-state index contributed by atoms with van der Waals surface area (Å²) in [4.78, 5) is 21.3. The van der Waals surface area contributed by atoms with Crippen LogP contribution in [-0.2, 0) is 5.41 Å². The first-order valence-electron chi connectivity index (χ1n) is 11.4. The molecule has 5 heteroatoms. The van der Waals surface area contributed by atoms with E-state index in [-0.39, 0.29) is 11.3 Å². The second kappa shape index (κ2) is 8.74. The van der Waals surface area contributed by atoms with E-state index in [1.54, 1.807) is 0 Å². The molecule has 1 aromatic heterocycles. The van der Waals surface area contributed by atoms with Crippen molar-refractivity contribution in [2.45, 2.75) is 71.1 Å². The molecule has 2 N–H and O–H groups in total. The van der Waals surface area contributed by atoms with Crippen molar-refractivity contribution in [3.63, 3.8) is 0 Å². The van der Waals surface area contributed by atoms with E-state index in [9.17, 15) is 4.79 Å². The van der Waals surface area contributed by atoms with Gasteiger partial charge in [0.15, 0.2) is 0 Å². The highest BCUT2D eigenvalue weighted by atomic mass is 16.5. The third-order valence-corrected chi connectivity index (χ3v) is 6.15. The number of nitrogens with zero attached hydrogens (tertiary/aromatic N) is 1. The van der Waals surface area contributed by atoms with Crippen molar-refractivity contribution in [1.82, 2.24) is 9.97 Å². The Morgan fingerprint density at radius 2 is 1.84 bits per heavy atom. The molecular formula is C26H33N3O2. The number of hydrogen-bond donors (Lipinski definition) is 2. The minimum Gasteiger partial charge on any atom is -0.492 e. The number of anilines is 1. The second-order valence-electron chi connectivity index (χ2n) is 9.54. The number of carbonyl (C=O) groups is 1. The Morgan fingerprint density at radius 1 is 1.13 bits per heavy atom. The van der Waals surface area contributed by atoms with Crippen LogP contribution >= 0.6 is 0 Å². The molecule has 0 spiro atoms. The zero-order valence-corrected chi connectivity index (χ0v) is 19.0. The van der Waals surface area contributed by atoms with E-state index in [4.69, 9.17) is 9.72 Å². The molecule has 0 atom stereocenters. The van der Waals surface area contributed by atoms with Crippen molar-refractivity contribution in [2.24, 2.45) is 0 Å². The number of fused-ring (bicyclic) bond motifs is 1. The van der Waals surface area contributed by atoms with Gasteiger partial charge in [0.25, 0.3) is 5.91 Å². The normalized spacial score (nSPS) is 15.2. The van der Waals surface area contributed by atoms with Gasteiger partial charge in [-0.15, -0.1) is 0 Å². The molecule has 1 aliphatic rings. The first-order valence-corrected chi connectivity index (χ1v) is 11.4. The summed E-state index contributed by atoms with van der Waals surface area (Å²) in [5, 5.41) is 3.04. The lowest BCUT2D eigenvalue weighted by Crippen LogP contribution is -2.15. The van der Waals surface area contributed by atoms with Crippen LogP contribution in [0.4, 0.5) is 5.69 Å². The van der Waals surface area contributed by atoms with Crippen LogP contribution in [0.15, 0.2) is 36.4 Å². The number of H-pyrrole nitrogens is 1. The van der Waals surface area contributed by atoms with E-state index in [2.05, 4.69) is 31.1 Å². The number of amides is 1. The fraction of sp³-hybridized carbons (Fsp3) is 0.462. The first kappa shape index (κ1) is 21.4. The van der Waals surface area contributed by atoms with Crippen LogP contribution in [0, 0.1) is 0 Å². The Morgan fingerprint density at radius 3 is 2.48 bits per heavy atom. The predicted octanol–water partition coefficient (Wildman–Crippen LogP) is 6.56. The van der Waals surface area contributed by atoms with Gasteiger partial charge in [-0.2, -0.15) is 0 Å². The molecule has 1 aliphatic carbocycles. The van der Waals surface area contributed by atoms with Gasteiger partial charge in [-0.25, -0.2) is 4.98 Å². The Kier molecular flexibility index (Phi) is 6.03. The van der Waals surface area contributed by atoms with Gasteiger partial charge in [0.2, 0.25) is 0 Å². The van der Waals surface area contributed by atoms with E-state index in [1.807, 2.05) is 43.3 Å². The Balaban J connectivity index is 1.60. The number of rotatable bonds is 5. The van der Waals surface area contributed by atoms with Crippen molar-refractivity contribution >= 4 is 22.6 Å². The average Bonchev–Trinajstić information content (AvgIpc) is 3.17. The highest BCUT2D eigenvalue weighted by molar-refractivity contribution is 6.06. The van der Waals surface area contributed by atoms with Crippen LogP contribution in [0.5, 0.6) is 5.75 Å². The third kappa shape index (κ3) is 4.76. The van der Waals surface area contributed by atoms with E-state index in [1.165, 1.54) is 37.7 Å². The molecule has 1 amide bonds. The molecule has 0 radical (unpaired) electrons. The highest BCUT2D eigenvalue weighted by Gasteiger charge is 2.20. The van der Waals surface area contributed by atoms with Crippen molar-refractivity contribution in [3.8, 4) is 5.75 Å². The van der Waals surface area contributed by atoms with Gasteiger partial charge in [0, 0.05) is 17.5 Å². The fourth-order valence-electron chi connectivity index (χ4n) is 4.32. The minimum absolute atomic E-state index is 0.0544. The van der Waals surface area contributed by atoms with E-state index in [0.29, 0.717) is 29.5 Å². The van der Waals surface area contributed by atoms with Crippen LogP contribution in [0.1, 0.15) is 87.5 Å². The summed E-state index contributed by atoms with van der Waals surface area (Å²) >= 11 is 0. The number of carbonyl (C=O) groups excluding carboxylic acids is 1. The number of imidazole rings is 1. The number of aromatic amines is 1. The van der Waals surface area contributed by atoms with E-state index in [0.717, 1.165) is 16.9 Å². The monoisotopic (exact) mass is 419 g/mol. The van der Waals surface area contributed by atoms with Gasteiger partial charge in [-0.3, -0.25) is 4.79 Å². The van der Waals surface area contributed by atoms with Crippen LogP contribution in [0.3, 0.4) is 0 Å². The molecule has 4 rings (SSSR count). The summed E-state index contributed by atoms with van der Waals surface area (Å²) in [5.41, 5.74) is 4.37. The van der Waals surface area contributed by atoms with Crippen LogP contribution in [-0.4, -0.2) is 22.5 Å². The van der Waals surface area contributed by atoms with Crippen LogP contribution < -0.4 is 10.1 Å².